The van der Waals surface area contributed by atoms with Crippen LogP contribution in [-0.4, -0.2) is 32.7 Å². The molecule has 0 spiro atoms. The van der Waals surface area contributed by atoms with Crippen molar-refractivity contribution in [2.45, 2.75) is 58.2 Å². The van der Waals surface area contributed by atoms with Crippen LogP contribution < -0.4 is 5.32 Å². The van der Waals surface area contributed by atoms with E-state index in [4.69, 9.17) is 0 Å². The Hall–Kier alpha value is -3.06. The molecule has 2 aromatic heterocycles. The van der Waals surface area contributed by atoms with Crippen molar-refractivity contribution in [3.63, 3.8) is 0 Å². The van der Waals surface area contributed by atoms with Crippen LogP contribution in [0.25, 0.3) is 0 Å². The van der Waals surface area contributed by atoms with Crippen LogP contribution in [0.3, 0.4) is 0 Å². The van der Waals surface area contributed by atoms with E-state index in [0.29, 0.717) is 17.1 Å². The Morgan fingerprint density at radius 1 is 1.09 bits per heavy atom. The molecule has 2 heterocycles. The lowest BCUT2D eigenvalue weighted by Crippen LogP contribution is -2.45. The lowest BCUT2D eigenvalue weighted by atomic mass is 10.0. The molecule has 1 aromatic carbocycles. The van der Waals surface area contributed by atoms with Crippen LogP contribution in [0.5, 0.6) is 0 Å². The van der Waals surface area contributed by atoms with E-state index in [1.807, 2.05) is 56.3 Å². The van der Waals surface area contributed by atoms with Crippen molar-refractivity contribution in [2.24, 2.45) is 0 Å². The van der Waals surface area contributed by atoms with Crippen LogP contribution in [0.1, 0.15) is 63.2 Å². The molecule has 1 unspecified atom stereocenters. The first kappa shape index (κ1) is 22.1. The largest absolute Gasteiger partial charge is 0.351 e. The minimum absolute atomic E-state index is 0.147. The third-order valence-electron chi connectivity index (χ3n) is 5.84. The monoisotopic (exact) mass is 448 g/mol. The highest BCUT2D eigenvalue weighted by atomic mass is 32.1. The summed E-state index contributed by atoms with van der Waals surface area (Å²) in [5.74, 6) is -0.327. The average molecular weight is 449 g/mol. The van der Waals surface area contributed by atoms with Gasteiger partial charge in [-0.2, -0.15) is 0 Å². The fourth-order valence-electron chi connectivity index (χ4n) is 4.29. The molecule has 1 fully saturated rings. The van der Waals surface area contributed by atoms with Crippen molar-refractivity contribution in [1.29, 1.82) is 0 Å². The number of thiazole rings is 1. The summed E-state index contributed by atoms with van der Waals surface area (Å²) in [6, 6.07) is 12.8. The van der Waals surface area contributed by atoms with Gasteiger partial charge in [-0.15, -0.1) is 11.3 Å². The van der Waals surface area contributed by atoms with Crippen molar-refractivity contribution in [3.05, 3.63) is 81.6 Å². The fraction of sp³-hybridized carbons (Fsp3) is 0.360. The van der Waals surface area contributed by atoms with Gasteiger partial charge in [0, 0.05) is 25.0 Å². The molecule has 32 heavy (non-hydrogen) atoms. The number of aryl methyl sites for hydroxylation is 2. The Morgan fingerprint density at radius 3 is 2.41 bits per heavy atom. The van der Waals surface area contributed by atoms with Crippen LogP contribution in [0.2, 0.25) is 0 Å². The first-order chi connectivity index (χ1) is 15.5. The van der Waals surface area contributed by atoms with Gasteiger partial charge < -0.3 is 10.2 Å². The number of hydrogen-bond acceptors (Lipinski definition) is 5. The topological polar surface area (TPSA) is 75.2 Å². The molecule has 1 aliphatic rings. The van der Waals surface area contributed by atoms with Gasteiger partial charge >= 0.3 is 0 Å². The number of carbonyl (C=O) groups is 2. The second-order valence-electron chi connectivity index (χ2n) is 8.24. The summed E-state index contributed by atoms with van der Waals surface area (Å²) in [6.07, 6.45) is 7.54. The van der Waals surface area contributed by atoms with Crippen molar-refractivity contribution in [1.82, 2.24) is 20.2 Å². The Kier molecular flexibility index (Phi) is 6.95. The molecule has 1 N–H and O–H groups in total. The standard InChI is InChI=1S/C25H28N4O2S/c1-17-23(32-18(2)27-17)25(31)29(16-19-8-4-3-5-9-19)22(20-12-14-26-15-13-20)24(30)28-21-10-6-7-11-21/h3-5,8-9,12-15,21-22H,6-7,10-11,16H2,1-2H3,(H,28,30). The molecule has 1 atom stereocenters. The number of amides is 2. The summed E-state index contributed by atoms with van der Waals surface area (Å²) < 4.78 is 0. The van der Waals surface area contributed by atoms with Crippen molar-refractivity contribution in [3.8, 4) is 0 Å². The summed E-state index contributed by atoms with van der Waals surface area (Å²) in [4.78, 5) is 38.3. The normalized spacial score (nSPS) is 14.8. The third kappa shape index (κ3) is 5.05. The number of nitrogens with zero attached hydrogens (tertiary/aromatic N) is 3. The quantitative estimate of drug-likeness (QED) is 0.573. The number of hydrogen-bond donors (Lipinski definition) is 1. The second kappa shape index (κ2) is 10.0. The number of benzene rings is 1. The Morgan fingerprint density at radius 2 is 1.78 bits per heavy atom. The van der Waals surface area contributed by atoms with Gasteiger partial charge in [-0.25, -0.2) is 4.98 Å². The zero-order valence-electron chi connectivity index (χ0n) is 18.5. The van der Waals surface area contributed by atoms with Crippen molar-refractivity contribution in [2.75, 3.05) is 0 Å². The van der Waals surface area contributed by atoms with E-state index >= 15 is 0 Å². The molecule has 166 valence electrons. The van der Waals surface area contributed by atoms with E-state index < -0.39 is 6.04 Å². The van der Waals surface area contributed by atoms with Gasteiger partial charge in [-0.3, -0.25) is 14.6 Å². The molecule has 0 saturated heterocycles. The van der Waals surface area contributed by atoms with E-state index in [0.717, 1.165) is 41.8 Å². The maximum atomic E-state index is 13.8. The zero-order chi connectivity index (χ0) is 22.5. The smallest absolute Gasteiger partial charge is 0.267 e. The predicted octanol–water partition coefficient (Wildman–Crippen LogP) is 4.60. The molecule has 0 bridgehead atoms. The number of pyridine rings is 1. The first-order valence-corrected chi connectivity index (χ1v) is 11.8. The Labute approximate surface area is 192 Å². The number of carbonyl (C=O) groups excluding carboxylic acids is 2. The second-order valence-corrected chi connectivity index (χ2v) is 9.44. The highest BCUT2D eigenvalue weighted by molar-refractivity contribution is 7.13. The Bertz CT molecular complexity index is 1060. The summed E-state index contributed by atoms with van der Waals surface area (Å²) in [6.45, 7) is 4.06. The molecule has 7 heteroatoms. The van der Waals surface area contributed by atoms with Gasteiger partial charge in [0.1, 0.15) is 10.9 Å². The molecular formula is C25H28N4O2S. The van der Waals surface area contributed by atoms with Crippen LogP contribution >= 0.6 is 11.3 Å². The molecular weight excluding hydrogens is 420 g/mol. The fourth-order valence-corrected chi connectivity index (χ4v) is 5.17. The van der Waals surface area contributed by atoms with Crippen LogP contribution in [0.15, 0.2) is 54.9 Å². The predicted molar refractivity (Wildman–Crippen MR) is 125 cm³/mol. The maximum Gasteiger partial charge on any atom is 0.267 e. The van der Waals surface area contributed by atoms with Crippen molar-refractivity contribution >= 4 is 23.2 Å². The lowest BCUT2D eigenvalue weighted by Gasteiger charge is -2.32. The molecule has 4 rings (SSSR count). The number of rotatable bonds is 7. The molecule has 2 amide bonds. The van der Waals surface area contributed by atoms with Crippen LogP contribution in [0.4, 0.5) is 0 Å². The minimum Gasteiger partial charge on any atom is -0.351 e. The van der Waals surface area contributed by atoms with Gasteiger partial charge in [0.25, 0.3) is 5.91 Å². The van der Waals surface area contributed by atoms with Crippen LogP contribution in [0, 0.1) is 13.8 Å². The third-order valence-corrected chi connectivity index (χ3v) is 6.90. The van der Waals surface area contributed by atoms with Gasteiger partial charge in [0.05, 0.1) is 10.7 Å². The highest BCUT2D eigenvalue weighted by Crippen LogP contribution is 2.29. The molecule has 1 aliphatic carbocycles. The van der Waals surface area contributed by atoms with Gasteiger partial charge in [0.2, 0.25) is 5.91 Å². The van der Waals surface area contributed by atoms with E-state index in [1.54, 1.807) is 17.3 Å². The summed E-state index contributed by atoms with van der Waals surface area (Å²) >= 11 is 1.37. The molecule has 1 saturated carbocycles. The van der Waals surface area contributed by atoms with E-state index in [9.17, 15) is 9.59 Å². The minimum atomic E-state index is -0.756. The lowest BCUT2D eigenvalue weighted by molar-refractivity contribution is -0.126. The molecule has 3 aromatic rings. The number of aromatic nitrogens is 2. The van der Waals surface area contributed by atoms with Gasteiger partial charge in [-0.05, 0) is 49.9 Å². The summed E-state index contributed by atoms with van der Waals surface area (Å²) in [7, 11) is 0. The van der Waals surface area contributed by atoms with Gasteiger partial charge in [0.15, 0.2) is 0 Å². The SMILES string of the molecule is Cc1nc(C)c(C(=O)N(Cc2ccccc2)C(C(=O)NC2CCCC2)c2ccncc2)s1. The van der Waals surface area contributed by atoms with Crippen LogP contribution in [-0.2, 0) is 11.3 Å². The van der Waals surface area contributed by atoms with Gasteiger partial charge in [-0.1, -0.05) is 43.2 Å². The maximum absolute atomic E-state index is 13.8. The molecule has 0 radical (unpaired) electrons. The number of nitrogens with one attached hydrogen (secondary N) is 1. The highest BCUT2D eigenvalue weighted by Gasteiger charge is 2.35. The van der Waals surface area contributed by atoms with E-state index in [-0.39, 0.29) is 17.9 Å². The zero-order valence-corrected chi connectivity index (χ0v) is 19.3. The van der Waals surface area contributed by atoms with E-state index in [1.165, 1.54) is 11.3 Å². The summed E-state index contributed by atoms with van der Waals surface area (Å²) in [5.41, 5.74) is 2.41. The first-order valence-electron chi connectivity index (χ1n) is 11.0. The Balaban J connectivity index is 1.75. The molecule has 0 aliphatic heterocycles. The summed E-state index contributed by atoms with van der Waals surface area (Å²) in [5, 5.41) is 4.04. The van der Waals surface area contributed by atoms with Crippen molar-refractivity contribution < 1.29 is 9.59 Å². The van der Waals surface area contributed by atoms with E-state index in [2.05, 4.69) is 15.3 Å². The average Bonchev–Trinajstić information content (AvgIpc) is 3.43. The molecule has 6 nitrogen and oxygen atoms in total.